The molecule has 2 aromatic rings. The van der Waals surface area contributed by atoms with Crippen molar-refractivity contribution in [2.75, 3.05) is 49.1 Å². The van der Waals surface area contributed by atoms with Gasteiger partial charge in [-0.05, 0) is 36.6 Å². The minimum Gasteiger partial charge on any atom is -0.464 e. The van der Waals surface area contributed by atoms with Gasteiger partial charge in [-0.3, -0.25) is 0 Å². The number of ether oxygens (including phenoxy) is 1. The molecule has 1 N–H and O–H groups in total. The van der Waals surface area contributed by atoms with Gasteiger partial charge < -0.3 is 19.9 Å². The molecule has 0 aliphatic carbocycles. The van der Waals surface area contributed by atoms with Gasteiger partial charge in [0.15, 0.2) is 0 Å². The summed E-state index contributed by atoms with van der Waals surface area (Å²) in [6.45, 7) is 6.43. The minimum atomic E-state index is -4.35. The van der Waals surface area contributed by atoms with Gasteiger partial charge in [-0.15, -0.1) is 0 Å². The Kier molecular flexibility index (Phi) is 5.49. The van der Waals surface area contributed by atoms with Crippen LogP contribution in [0.4, 0.5) is 24.5 Å². The molecule has 4 rings (SSSR count). The number of fused-ring (bicyclic) bond motifs is 1. The number of benzene rings is 1. The first-order valence-corrected chi connectivity index (χ1v) is 9.84. The Morgan fingerprint density at radius 3 is 2.41 bits per heavy atom. The van der Waals surface area contributed by atoms with E-state index in [4.69, 9.17) is 4.74 Å². The number of rotatable bonds is 4. The van der Waals surface area contributed by atoms with Crippen LogP contribution in [-0.2, 0) is 19.1 Å². The molecule has 6 nitrogen and oxygen atoms in total. The molecule has 0 radical (unpaired) electrons. The van der Waals surface area contributed by atoms with E-state index in [9.17, 15) is 13.2 Å². The molecule has 29 heavy (non-hydrogen) atoms. The zero-order valence-electron chi connectivity index (χ0n) is 16.3. The van der Waals surface area contributed by atoms with E-state index < -0.39 is 11.7 Å². The molecule has 0 spiro atoms. The fourth-order valence-corrected chi connectivity index (χ4v) is 4.02. The number of nitrogens with one attached hydrogen (secondary N) is 1. The quantitative estimate of drug-likeness (QED) is 0.841. The lowest BCUT2D eigenvalue weighted by Crippen LogP contribution is -2.44. The maximum atomic E-state index is 13.6. The van der Waals surface area contributed by atoms with Crippen molar-refractivity contribution in [1.82, 2.24) is 15.3 Å². The minimum absolute atomic E-state index is 0.300. The van der Waals surface area contributed by atoms with Gasteiger partial charge in [0, 0.05) is 45.0 Å². The van der Waals surface area contributed by atoms with Crippen molar-refractivity contribution < 1.29 is 17.9 Å². The highest BCUT2D eigenvalue weighted by atomic mass is 19.4. The first-order chi connectivity index (χ1) is 14.0. The Bertz CT molecular complexity index is 850. The molecule has 0 saturated carbocycles. The van der Waals surface area contributed by atoms with Gasteiger partial charge in [-0.25, -0.2) is 9.97 Å². The third-order valence-corrected chi connectivity index (χ3v) is 5.40. The third-order valence-electron chi connectivity index (χ3n) is 5.40. The summed E-state index contributed by atoms with van der Waals surface area (Å²) in [6.07, 6.45) is -0.685. The average molecular weight is 407 g/mol. The van der Waals surface area contributed by atoms with Crippen molar-refractivity contribution in [3.63, 3.8) is 0 Å². The van der Waals surface area contributed by atoms with E-state index >= 15 is 0 Å². The van der Waals surface area contributed by atoms with E-state index in [-0.39, 0.29) is 0 Å². The number of nitrogens with zero attached hydrogens (tertiary/aromatic N) is 4. The molecule has 0 amide bonds. The SMILES string of the molecule is CCOc1ncc(N2CCc3c(C(F)(F)F)ccc(N4CCNCC4)c3C2)cn1. The van der Waals surface area contributed by atoms with Crippen molar-refractivity contribution in [3.05, 3.63) is 41.2 Å². The van der Waals surface area contributed by atoms with Gasteiger partial charge in [0.1, 0.15) is 0 Å². The number of hydrogen-bond acceptors (Lipinski definition) is 6. The highest BCUT2D eigenvalue weighted by molar-refractivity contribution is 5.63. The van der Waals surface area contributed by atoms with Gasteiger partial charge in [-0.2, -0.15) is 13.2 Å². The summed E-state index contributed by atoms with van der Waals surface area (Å²) < 4.78 is 46.1. The molecule has 1 fully saturated rings. The summed E-state index contributed by atoms with van der Waals surface area (Å²) in [5, 5.41) is 3.29. The molecule has 0 atom stereocenters. The number of anilines is 2. The van der Waals surface area contributed by atoms with E-state index in [1.807, 2.05) is 11.8 Å². The molecule has 0 bridgehead atoms. The molecule has 1 aromatic heterocycles. The van der Waals surface area contributed by atoms with Crippen LogP contribution in [0.2, 0.25) is 0 Å². The summed E-state index contributed by atoms with van der Waals surface area (Å²) in [4.78, 5) is 12.6. The topological polar surface area (TPSA) is 53.5 Å². The van der Waals surface area contributed by atoms with Crippen LogP contribution in [0.5, 0.6) is 6.01 Å². The maximum Gasteiger partial charge on any atom is 0.416 e. The van der Waals surface area contributed by atoms with Crippen molar-refractivity contribution >= 4 is 11.4 Å². The van der Waals surface area contributed by atoms with Gasteiger partial charge in [0.2, 0.25) is 0 Å². The second kappa shape index (κ2) is 8.06. The number of piperazine rings is 1. The average Bonchev–Trinajstić information content (AvgIpc) is 2.73. The van der Waals surface area contributed by atoms with Crippen LogP contribution in [0.3, 0.4) is 0 Å². The summed E-state index contributed by atoms with van der Waals surface area (Å²) in [6, 6.07) is 3.17. The molecular formula is C20H24F3N5O. The predicted octanol–water partition coefficient (Wildman–Crippen LogP) is 2.87. The molecule has 0 unspecified atom stereocenters. The number of halogens is 3. The maximum absolute atomic E-state index is 13.6. The van der Waals surface area contributed by atoms with Crippen LogP contribution in [0, 0.1) is 0 Å². The van der Waals surface area contributed by atoms with Crippen LogP contribution >= 0.6 is 0 Å². The Morgan fingerprint density at radius 1 is 1.03 bits per heavy atom. The van der Waals surface area contributed by atoms with Crippen LogP contribution in [0.15, 0.2) is 24.5 Å². The lowest BCUT2D eigenvalue weighted by molar-refractivity contribution is -0.138. The highest BCUT2D eigenvalue weighted by Gasteiger charge is 2.37. The molecule has 3 heterocycles. The van der Waals surface area contributed by atoms with Gasteiger partial charge >= 0.3 is 12.2 Å². The normalized spacial score (nSPS) is 17.2. The second-order valence-corrected chi connectivity index (χ2v) is 7.15. The largest absolute Gasteiger partial charge is 0.464 e. The van der Waals surface area contributed by atoms with Crippen molar-refractivity contribution in [2.45, 2.75) is 26.1 Å². The van der Waals surface area contributed by atoms with Crippen LogP contribution in [-0.4, -0.2) is 49.3 Å². The lowest BCUT2D eigenvalue weighted by Gasteiger charge is -2.37. The van der Waals surface area contributed by atoms with E-state index in [0.717, 1.165) is 43.1 Å². The summed E-state index contributed by atoms with van der Waals surface area (Å²) in [5.74, 6) is 0. The molecule has 2 aliphatic heterocycles. The Labute approximate surface area is 167 Å². The molecule has 1 aromatic carbocycles. The second-order valence-electron chi connectivity index (χ2n) is 7.15. The van der Waals surface area contributed by atoms with Gasteiger partial charge in [0.25, 0.3) is 0 Å². The molecule has 1 saturated heterocycles. The summed E-state index contributed by atoms with van der Waals surface area (Å²) >= 11 is 0. The predicted molar refractivity (Wildman–Crippen MR) is 104 cm³/mol. The third kappa shape index (κ3) is 4.10. The van der Waals surface area contributed by atoms with Crippen molar-refractivity contribution in [1.29, 1.82) is 0 Å². The standard InChI is InChI=1S/C20H24F3N5O/c1-2-29-19-25-11-14(12-26-19)28-8-5-15-16(13-28)18(27-9-6-24-7-10-27)4-3-17(15)20(21,22)23/h3-4,11-12,24H,2,5-10,13H2,1H3. The van der Waals surface area contributed by atoms with Crippen LogP contribution in [0.1, 0.15) is 23.6 Å². The Morgan fingerprint density at radius 2 is 1.76 bits per heavy atom. The van der Waals surface area contributed by atoms with E-state index in [1.165, 1.54) is 6.07 Å². The van der Waals surface area contributed by atoms with E-state index in [1.54, 1.807) is 18.5 Å². The van der Waals surface area contributed by atoms with Crippen LogP contribution < -0.4 is 19.9 Å². The molecule has 2 aliphatic rings. The molecular weight excluding hydrogens is 383 g/mol. The molecule has 156 valence electrons. The Hall–Kier alpha value is -2.55. The first-order valence-electron chi connectivity index (χ1n) is 9.84. The number of aromatic nitrogens is 2. The summed E-state index contributed by atoms with van der Waals surface area (Å²) in [7, 11) is 0. The Balaban J connectivity index is 1.68. The zero-order valence-corrected chi connectivity index (χ0v) is 16.3. The first kappa shape index (κ1) is 19.8. The fourth-order valence-electron chi connectivity index (χ4n) is 4.02. The van der Waals surface area contributed by atoms with E-state index in [0.29, 0.717) is 37.7 Å². The van der Waals surface area contributed by atoms with Gasteiger partial charge in [0.05, 0.1) is 30.3 Å². The van der Waals surface area contributed by atoms with Crippen molar-refractivity contribution in [2.24, 2.45) is 0 Å². The highest BCUT2D eigenvalue weighted by Crippen LogP contribution is 2.40. The van der Waals surface area contributed by atoms with Gasteiger partial charge in [-0.1, -0.05) is 0 Å². The monoisotopic (exact) mass is 407 g/mol. The summed E-state index contributed by atoms with van der Waals surface area (Å²) in [5.41, 5.74) is 2.32. The molecule has 9 heteroatoms. The van der Waals surface area contributed by atoms with Crippen LogP contribution in [0.25, 0.3) is 0 Å². The number of hydrogen-bond donors (Lipinski definition) is 1. The lowest BCUT2D eigenvalue weighted by atomic mass is 9.91. The van der Waals surface area contributed by atoms with E-state index in [2.05, 4.69) is 20.2 Å². The van der Waals surface area contributed by atoms with Crippen molar-refractivity contribution in [3.8, 4) is 6.01 Å². The number of alkyl halides is 3. The zero-order chi connectivity index (χ0) is 20.4. The smallest absolute Gasteiger partial charge is 0.416 e. The fraction of sp³-hybridized carbons (Fsp3) is 0.500.